The number of nitrogens with zero attached hydrogens (tertiary/aromatic N) is 6. The molecule has 0 aromatic heterocycles. The number of aliphatic hydroxyl groups excluding tert-OH is 2. The Labute approximate surface area is 854 Å². The van der Waals surface area contributed by atoms with Gasteiger partial charge >= 0.3 is 42.3 Å². The van der Waals surface area contributed by atoms with E-state index in [2.05, 4.69) is 63.8 Å². The van der Waals surface area contributed by atoms with Gasteiger partial charge < -0.3 is 123 Å². The highest BCUT2D eigenvalue weighted by Crippen LogP contribution is 2.35. The number of aliphatic hydroxyl groups is 2. The molecule has 18 amide bonds. The fraction of sp³-hybridized carbons (Fsp3) is 0.667. The first-order valence-electron chi connectivity index (χ1n) is 52.6. The molecule has 41 nitrogen and oxygen atoms in total. The molecule has 11 aliphatic rings. The predicted molar refractivity (Wildman–Crippen MR) is 536 cm³/mol. The second-order valence-corrected chi connectivity index (χ2v) is 43.0. The van der Waals surface area contributed by atoms with E-state index in [0.29, 0.717) is 90.6 Å². The number of carboxylic acids is 1. The molecule has 5 aliphatic carbocycles. The van der Waals surface area contributed by atoms with Crippen molar-refractivity contribution in [2.45, 2.75) is 371 Å². The van der Waals surface area contributed by atoms with Crippen LogP contribution >= 0.6 is 0 Å². The third-order valence-electron chi connectivity index (χ3n) is 29.4. The predicted octanol–water partition coefficient (Wildman–Crippen LogP) is 6.40. The van der Waals surface area contributed by atoms with Crippen molar-refractivity contribution in [3.05, 3.63) is 106 Å². The first-order valence-corrected chi connectivity index (χ1v) is 52.6. The van der Waals surface area contributed by atoms with Crippen molar-refractivity contribution in [3.63, 3.8) is 0 Å². The van der Waals surface area contributed by atoms with Gasteiger partial charge in [-0.15, -0.1) is 0 Å². The molecule has 5 saturated carbocycles. The molecule has 14 rings (SSSR count). The van der Waals surface area contributed by atoms with Gasteiger partial charge in [0.25, 0.3) is 17.7 Å². The fourth-order valence-electron chi connectivity index (χ4n) is 20.5. The largest absolute Gasteiger partial charge is 0.480 e. The highest BCUT2D eigenvalue weighted by molar-refractivity contribution is 6.38. The quantitative estimate of drug-likeness (QED) is 0.0227. The van der Waals surface area contributed by atoms with Gasteiger partial charge in [0.2, 0.25) is 41.2 Å². The molecule has 3 aromatic rings. The number of carbonyl (C=O) groups excluding carboxylic acids is 16. The third kappa shape index (κ3) is 30.9. The summed E-state index contributed by atoms with van der Waals surface area (Å²) in [5.41, 5.74) is 4.99. The van der Waals surface area contributed by atoms with Gasteiger partial charge in [0.15, 0.2) is 12.2 Å². The third-order valence-corrected chi connectivity index (χ3v) is 29.4. The summed E-state index contributed by atoms with van der Waals surface area (Å²) in [5.74, 6) is -6.91. The Balaban J connectivity index is 0.000000199. The number of fused-ring (bicyclic) bond motifs is 3. The average Bonchev–Trinajstić information content (AvgIpc) is 1.62. The Kier molecular flexibility index (Phi) is 39.8. The summed E-state index contributed by atoms with van der Waals surface area (Å²) in [4.78, 5) is 234. The summed E-state index contributed by atoms with van der Waals surface area (Å²) in [5, 5.41) is 64.3. The van der Waals surface area contributed by atoms with E-state index < -0.39 is 191 Å². The van der Waals surface area contributed by atoms with Crippen LogP contribution < -0.4 is 63.8 Å². The molecule has 15 atom stereocenters. The number of nitrogens with one attached hydrogen (secondary N) is 12. The van der Waals surface area contributed by atoms with Crippen LogP contribution in [0.2, 0.25) is 0 Å². The van der Waals surface area contributed by atoms with Crippen LogP contribution in [0.5, 0.6) is 0 Å². The standard InChI is InChI=1S/C40H61N7O8.C40H59N7O8.C25H34N4O7/c2*1-6-12-29(32(48)36(51)42-27-17-18-27)43-38(53)47-23-28(55-39(54)46-20-19-24-13-10-11-16-26(24)22-46)21-30(47)34(49)45-33(40(2,3)4)37(52)44-31(35(50)41-5)25-14-8-7-9-15-25;1-2-5-19(21(30)22(31)26-17-8-9-17)27-24(34)29-14-18(12-20(29)23(32)33)36-25(35)28-11-10-15-6-3-4-7-16(15)13-28/h10-11,13,16,25,27-33,48H,6-9,12,14-15,17-23H2,1-5H3,(H,41,50)(H,42,51)(H,43,53)(H,44,52)(H,45,49);10-11,13,16,25,27-31,33H,6-9,12,14-15,17-23H2,1-5H3,(H,41,50)(H,42,51)(H,43,53)(H,44,52)(H,45,49);3-4,6-7,17-21,30H,2,5,8-14H2,1H3,(H,26,31)(H,27,34)(H,32,33)/t28-,29?,30+,31-,32?,33+;28-,29?,30+,31-,33+;18-,19?,20+,21?/m000/s1. The molecule has 6 heterocycles. The number of amides is 18. The number of carbonyl (C=O) groups is 17. The van der Waals surface area contributed by atoms with Gasteiger partial charge in [0.05, 0.1) is 37.8 Å². The Hall–Kier alpha value is -12.4. The lowest BCUT2D eigenvalue weighted by molar-refractivity contribution is -0.141. The van der Waals surface area contributed by atoms with E-state index in [1.807, 2.05) is 93.6 Å². The van der Waals surface area contributed by atoms with E-state index in [1.165, 1.54) is 35.0 Å². The molecule has 3 saturated heterocycles. The number of rotatable bonds is 34. The van der Waals surface area contributed by atoms with Crippen molar-refractivity contribution in [2.24, 2.45) is 22.7 Å². The summed E-state index contributed by atoms with van der Waals surface area (Å²) in [7, 11) is 3.06. The number of hydrogen-bond acceptors (Lipinski definition) is 22. The molecule has 0 bridgehead atoms. The fourth-order valence-corrected chi connectivity index (χ4v) is 20.5. The first-order chi connectivity index (χ1) is 69.6. The summed E-state index contributed by atoms with van der Waals surface area (Å²) < 4.78 is 17.5. The van der Waals surface area contributed by atoms with E-state index in [1.54, 1.807) is 56.2 Å². The van der Waals surface area contributed by atoms with Gasteiger partial charge in [0, 0.05) is 90.8 Å². The van der Waals surface area contributed by atoms with Crippen LogP contribution in [-0.4, -0.2) is 308 Å². The number of benzene rings is 3. The highest BCUT2D eigenvalue weighted by Gasteiger charge is 2.51. The summed E-state index contributed by atoms with van der Waals surface area (Å²) >= 11 is 0. The minimum absolute atomic E-state index is 0.0119. The molecular weight excluding hydrogens is 1880 g/mol. The Morgan fingerprint density at radius 1 is 0.377 bits per heavy atom. The van der Waals surface area contributed by atoms with Crippen LogP contribution in [0.3, 0.4) is 0 Å². The number of likely N-dealkylation sites (tertiary alicyclic amines) is 3. The zero-order chi connectivity index (χ0) is 106. The van der Waals surface area contributed by atoms with Crippen LogP contribution in [0, 0.1) is 22.7 Å². The van der Waals surface area contributed by atoms with Crippen LogP contribution in [0.4, 0.5) is 28.8 Å². The normalized spacial score (nSPS) is 22.2. The average molecular weight is 2040 g/mol. The van der Waals surface area contributed by atoms with E-state index in [4.69, 9.17) is 14.2 Å². The first kappa shape index (κ1) is 112. The number of ketones is 1. The lowest BCUT2D eigenvalue weighted by atomic mass is 9.82. The van der Waals surface area contributed by atoms with Crippen molar-refractivity contribution in [1.29, 1.82) is 0 Å². The Morgan fingerprint density at radius 3 is 1.01 bits per heavy atom. The Morgan fingerprint density at radius 2 is 0.692 bits per heavy atom. The van der Waals surface area contributed by atoms with Crippen molar-refractivity contribution >= 4 is 101 Å². The number of carboxylic acid groups (broad SMARTS) is 1. The number of ether oxygens (including phenoxy) is 3. The lowest BCUT2D eigenvalue weighted by Crippen LogP contribution is -2.62. The maximum Gasteiger partial charge on any atom is 0.410 e. The molecule has 146 heavy (non-hydrogen) atoms. The number of likely N-dealkylation sites (N-methyl/N-ethyl adjacent to an activating group) is 2. The van der Waals surface area contributed by atoms with Crippen LogP contribution in [0.25, 0.3) is 0 Å². The molecule has 41 heteroatoms. The number of aliphatic carboxylic acids is 1. The van der Waals surface area contributed by atoms with Crippen molar-refractivity contribution in [1.82, 2.24) is 93.2 Å². The maximum absolute atomic E-state index is 14.3. The SMILES string of the molecule is CCCC(NC(=O)N1C[C@@H](OC(=O)N2CCc3ccccc3C2)C[C@@H]1C(=O)N[C@H](C(=O)N[C@H](C(=O)NC)C1CCCCC1)C(C)(C)C)C(=O)C(=O)NC1CC1.CCCC(NC(=O)N1C[C@@H](OC(=O)N2CCc3ccccc3C2)C[C@@H]1C(=O)N[C@H](C(=O)N[C@H](C(=O)NC)C1CCCCC1)C(C)(C)C)C(O)C(=O)NC1CC1.CCCC(NC(=O)N1C[C@@H](OC(=O)N2CCc3ccccc3C2)C[C@@H]1C(=O)O)C(O)C(=O)NC1CC1. The number of urea groups is 3. The number of Topliss-reactive ketones (excluding diaryl/α,β-unsaturated/α-hetero) is 1. The molecule has 5 unspecified atom stereocenters. The summed E-state index contributed by atoms with van der Waals surface area (Å²) in [6.45, 7) is 18.5. The molecule has 802 valence electrons. The highest BCUT2D eigenvalue weighted by atomic mass is 16.6. The van der Waals surface area contributed by atoms with Crippen LogP contribution in [0.1, 0.15) is 256 Å². The Bertz CT molecular complexity index is 5120. The minimum Gasteiger partial charge on any atom is -0.480 e. The molecule has 6 aliphatic heterocycles. The molecule has 0 spiro atoms. The van der Waals surface area contributed by atoms with Crippen molar-refractivity contribution < 1.29 is 111 Å². The molecule has 0 radical (unpaired) electrons. The van der Waals surface area contributed by atoms with Crippen molar-refractivity contribution in [2.75, 3.05) is 53.4 Å². The second kappa shape index (κ2) is 51.8. The minimum atomic E-state index is -1.51. The van der Waals surface area contributed by atoms with Gasteiger partial charge in [0.1, 0.15) is 60.6 Å². The summed E-state index contributed by atoms with van der Waals surface area (Å²) in [6, 6.07) is 11.2. The van der Waals surface area contributed by atoms with E-state index in [-0.39, 0.29) is 87.1 Å². The van der Waals surface area contributed by atoms with Gasteiger partial charge in [-0.2, -0.15) is 0 Å². The van der Waals surface area contributed by atoms with Gasteiger partial charge in [-0.3, -0.25) is 47.9 Å². The summed E-state index contributed by atoms with van der Waals surface area (Å²) in [6.07, 6.45) is 11.4. The topological polar surface area (TPSA) is 542 Å². The van der Waals surface area contributed by atoms with Gasteiger partial charge in [-0.1, -0.05) is 193 Å². The zero-order valence-electron chi connectivity index (χ0n) is 86.3. The molecule has 8 fully saturated rings. The van der Waals surface area contributed by atoms with Gasteiger partial charge in [-0.05, 0) is 159 Å². The van der Waals surface area contributed by atoms with Crippen molar-refractivity contribution in [3.8, 4) is 0 Å². The van der Waals surface area contributed by atoms with E-state index >= 15 is 0 Å². The van der Waals surface area contributed by atoms with Crippen LogP contribution in [-0.2, 0) is 106 Å². The van der Waals surface area contributed by atoms with Gasteiger partial charge in [-0.25, -0.2) is 33.6 Å². The molecule has 15 N–H and O–H groups in total. The monoisotopic (exact) mass is 2040 g/mol. The van der Waals surface area contributed by atoms with Crippen LogP contribution in [0.15, 0.2) is 72.8 Å². The lowest BCUT2D eigenvalue weighted by Gasteiger charge is -2.35. The molecular formula is C105H154N18O23. The number of hydrogen-bond donors (Lipinski definition) is 15. The second-order valence-electron chi connectivity index (χ2n) is 43.0. The van der Waals surface area contributed by atoms with E-state index in [0.717, 1.165) is 130 Å². The smallest absolute Gasteiger partial charge is 0.410 e. The maximum atomic E-state index is 14.3. The zero-order valence-corrected chi connectivity index (χ0v) is 86.3. The van der Waals surface area contributed by atoms with E-state index in [9.17, 15) is 96.8 Å². The molecule has 3 aromatic carbocycles.